The van der Waals surface area contributed by atoms with Gasteiger partial charge in [-0.1, -0.05) is 12.1 Å². The Labute approximate surface area is 102 Å². The molecule has 1 aromatic rings. The van der Waals surface area contributed by atoms with E-state index in [0.717, 1.165) is 38.0 Å². The van der Waals surface area contributed by atoms with Gasteiger partial charge in [-0.25, -0.2) is 4.39 Å². The summed E-state index contributed by atoms with van der Waals surface area (Å²) in [5.41, 5.74) is 7.71. The Bertz CT molecular complexity index is 374. The number of nitrogens with two attached hydrogens (primary N) is 1. The highest BCUT2D eigenvalue weighted by Gasteiger charge is 2.18. The summed E-state index contributed by atoms with van der Waals surface area (Å²) in [5.74, 6) is 0.452. The maximum Gasteiger partial charge on any atom is 0.126 e. The molecule has 1 atom stereocenters. The first-order chi connectivity index (χ1) is 8.16. The molecule has 0 aromatic heterocycles. The van der Waals surface area contributed by atoms with Crippen LogP contribution in [-0.2, 0) is 4.74 Å². The molecule has 2 nitrogen and oxygen atoms in total. The van der Waals surface area contributed by atoms with Crippen molar-refractivity contribution in [3.8, 4) is 0 Å². The van der Waals surface area contributed by atoms with Gasteiger partial charge >= 0.3 is 0 Å². The third-order valence-electron chi connectivity index (χ3n) is 3.55. The number of benzene rings is 1. The van der Waals surface area contributed by atoms with Crippen molar-refractivity contribution in [1.82, 2.24) is 0 Å². The SMILES string of the molecule is Cc1ccc(C(N)CC2CCOCC2)cc1F. The largest absolute Gasteiger partial charge is 0.381 e. The Morgan fingerprint density at radius 2 is 2.12 bits per heavy atom. The summed E-state index contributed by atoms with van der Waals surface area (Å²) in [4.78, 5) is 0. The van der Waals surface area contributed by atoms with E-state index in [2.05, 4.69) is 0 Å². The van der Waals surface area contributed by atoms with Crippen LogP contribution in [-0.4, -0.2) is 13.2 Å². The number of hydrogen-bond donors (Lipinski definition) is 1. The van der Waals surface area contributed by atoms with Crippen molar-refractivity contribution in [1.29, 1.82) is 0 Å². The lowest BCUT2D eigenvalue weighted by Crippen LogP contribution is -2.21. The third-order valence-corrected chi connectivity index (χ3v) is 3.55. The number of hydrogen-bond acceptors (Lipinski definition) is 2. The zero-order chi connectivity index (χ0) is 12.3. The van der Waals surface area contributed by atoms with Gasteiger partial charge in [-0.15, -0.1) is 0 Å². The first-order valence-electron chi connectivity index (χ1n) is 6.26. The second kappa shape index (κ2) is 5.61. The van der Waals surface area contributed by atoms with Crippen LogP contribution in [0.25, 0.3) is 0 Å². The zero-order valence-electron chi connectivity index (χ0n) is 10.3. The molecule has 2 rings (SSSR count). The first-order valence-corrected chi connectivity index (χ1v) is 6.26. The smallest absolute Gasteiger partial charge is 0.126 e. The molecule has 1 saturated heterocycles. The Morgan fingerprint density at radius 1 is 1.41 bits per heavy atom. The second-order valence-electron chi connectivity index (χ2n) is 4.91. The highest BCUT2D eigenvalue weighted by atomic mass is 19.1. The van der Waals surface area contributed by atoms with Gasteiger partial charge < -0.3 is 10.5 Å². The number of ether oxygens (including phenoxy) is 1. The highest BCUT2D eigenvalue weighted by Crippen LogP contribution is 2.26. The minimum Gasteiger partial charge on any atom is -0.381 e. The van der Waals surface area contributed by atoms with Crippen LogP contribution in [0.1, 0.15) is 36.4 Å². The van der Waals surface area contributed by atoms with Crippen LogP contribution in [0.5, 0.6) is 0 Å². The van der Waals surface area contributed by atoms with Gasteiger partial charge in [0.15, 0.2) is 0 Å². The number of aryl methyl sites for hydroxylation is 1. The molecule has 1 heterocycles. The molecular weight excluding hydrogens is 217 g/mol. The van der Waals surface area contributed by atoms with Gasteiger partial charge in [0.2, 0.25) is 0 Å². The second-order valence-corrected chi connectivity index (χ2v) is 4.91. The molecule has 1 fully saturated rings. The van der Waals surface area contributed by atoms with Gasteiger partial charge in [0.1, 0.15) is 5.82 Å². The quantitative estimate of drug-likeness (QED) is 0.877. The standard InChI is InChI=1S/C14H20FNO/c1-10-2-3-12(9-13(10)15)14(16)8-11-4-6-17-7-5-11/h2-3,9,11,14H,4-8,16H2,1H3. The Balaban J connectivity index is 1.98. The maximum atomic E-state index is 13.4. The van der Waals surface area contributed by atoms with Crippen molar-refractivity contribution in [2.75, 3.05) is 13.2 Å². The lowest BCUT2D eigenvalue weighted by molar-refractivity contribution is 0.0618. The molecule has 0 radical (unpaired) electrons. The fourth-order valence-corrected chi connectivity index (χ4v) is 2.32. The van der Waals surface area contributed by atoms with E-state index in [1.807, 2.05) is 6.07 Å². The summed E-state index contributed by atoms with van der Waals surface area (Å²) in [6, 6.07) is 5.24. The fourth-order valence-electron chi connectivity index (χ4n) is 2.32. The van der Waals surface area contributed by atoms with E-state index in [4.69, 9.17) is 10.5 Å². The van der Waals surface area contributed by atoms with E-state index >= 15 is 0 Å². The van der Waals surface area contributed by atoms with Crippen LogP contribution < -0.4 is 5.73 Å². The van der Waals surface area contributed by atoms with E-state index < -0.39 is 0 Å². The maximum absolute atomic E-state index is 13.4. The molecule has 1 aliphatic heterocycles. The van der Waals surface area contributed by atoms with Crippen LogP contribution in [0.4, 0.5) is 4.39 Å². The van der Waals surface area contributed by atoms with Crippen LogP contribution in [0.2, 0.25) is 0 Å². The molecule has 1 aromatic carbocycles. The Hall–Kier alpha value is -0.930. The first kappa shape index (κ1) is 12.5. The molecule has 0 saturated carbocycles. The molecule has 0 amide bonds. The fraction of sp³-hybridized carbons (Fsp3) is 0.571. The van der Waals surface area contributed by atoms with Gasteiger partial charge in [0, 0.05) is 19.3 Å². The van der Waals surface area contributed by atoms with Crippen molar-refractivity contribution < 1.29 is 9.13 Å². The van der Waals surface area contributed by atoms with Crippen molar-refractivity contribution in [2.24, 2.45) is 11.7 Å². The van der Waals surface area contributed by atoms with E-state index in [9.17, 15) is 4.39 Å². The lowest BCUT2D eigenvalue weighted by atomic mass is 9.90. The minimum absolute atomic E-state index is 0.0619. The summed E-state index contributed by atoms with van der Waals surface area (Å²) in [7, 11) is 0. The predicted octanol–water partition coefficient (Wildman–Crippen LogP) is 2.95. The third kappa shape index (κ3) is 3.27. The van der Waals surface area contributed by atoms with Crippen LogP contribution in [0.3, 0.4) is 0 Å². The highest BCUT2D eigenvalue weighted by molar-refractivity contribution is 5.25. The summed E-state index contributed by atoms with van der Waals surface area (Å²) in [6.45, 7) is 3.43. The van der Waals surface area contributed by atoms with Crippen molar-refractivity contribution in [3.63, 3.8) is 0 Å². The predicted molar refractivity (Wildman–Crippen MR) is 66.2 cm³/mol. The Kier molecular flexibility index (Phi) is 4.13. The van der Waals surface area contributed by atoms with E-state index in [0.29, 0.717) is 11.5 Å². The molecule has 1 aliphatic rings. The van der Waals surface area contributed by atoms with Crippen LogP contribution in [0.15, 0.2) is 18.2 Å². The van der Waals surface area contributed by atoms with Crippen molar-refractivity contribution in [2.45, 2.75) is 32.2 Å². The van der Waals surface area contributed by atoms with Gasteiger partial charge in [-0.05, 0) is 49.3 Å². The molecule has 0 aliphatic carbocycles. The van der Waals surface area contributed by atoms with E-state index in [1.165, 1.54) is 0 Å². The van der Waals surface area contributed by atoms with Crippen molar-refractivity contribution in [3.05, 3.63) is 35.1 Å². The van der Waals surface area contributed by atoms with Crippen molar-refractivity contribution >= 4 is 0 Å². The molecule has 94 valence electrons. The summed E-state index contributed by atoms with van der Waals surface area (Å²) < 4.78 is 18.8. The Morgan fingerprint density at radius 3 is 2.76 bits per heavy atom. The van der Waals surface area contributed by atoms with Gasteiger partial charge in [-0.3, -0.25) is 0 Å². The van der Waals surface area contributed by atoms with Crippen LogP contribution >= 0.6 is 0 Å². The number of rotatable bonds is 3. The van der Waals surface area contributed by atoms with Crippen LogP contribution in [0, 0.1) is 18.7 Å². The number of halogens is 1. The lowest BCUT2D eigenvalue weighted by Gasteiger charge is -2.25. The summed E-state index contributed by atoms with van der Waals surface area (Å²) in [5, 5.41) is 0. The van der Waals surface area contributed by atoms with E-state index in [1.54, 1.807) is 19.1 Å². The minimum atomic E-state index is -0.162. The summed E-state index contributed by atoms with van der Waals surface area (Å²) in [6.07, 6.45) is 3.07. The summed E-state index contributed by atoms with van der Waals surface area (Å²) >= 11 is 0. The molecule has 0 bridgehead atoms. The van der Waals surface area contributed by atoms with Gasteiger partial charge in [0.25, 0.3) is 0 Å². The molecule has 1 unspecified atom stereocenters. The monoisotopic (exact) mass is 237 g/mol. The molecule has 3 heteroatoms. The van der Waals surface area contributed by atoms with E-state index in [-0.39, 0.29) is 11.9 Å². The zero-order valence-corrected chi connectivity index (χ0v) is 10.3. The van der Waals surface area contributed by atoms with Gasteiger partial charge in [0.05, 0.1) is 0 Å². The molecule has 17 heavy (non-hydrogen) atoms. The average molecular weight is 237 g/mol. The normalized spacial score (nSPS) is 19.2. The topological polar surface area (TPSA) is 35.2 Å². The molecular formula is C14H20FNO. The molecule has 0 spiro atoms. The molecule has 2 N–H and O–H groups in total. The average Bonchev–Trinajstić information content (AvgIpc) is 2.34. The van der Waals surface area contributed by atoms with Gasteiger partial charge in [-0.2, -0.15) is 0 Å².